The standard InChI is InChI=1S/C25H38N2O3/c1-23(2,3)30-22(28)27-15-11-25(12-16-27)9-13-26(14-10-25)18-20-8-6-7-19-17-24(4,5)29-21(19)20/h6-8H,9-18H2,1-5H3. The van der Waals surface area contributed by atoms with Gasteiger partial charge < -0.3 is 14.4 Å². The molecule has 166 valence electrons. The molecule has 3 aliphatic rings. The van der Waals surface area contributed by atoms with Crippen molar-refractivity contribution in [2.24, 2.45) is 5.41 Å². The summed E-state index contributed by atoms with van der Waals surface area (Å²) in [7, 11) is 0. The van der Waals surface area contributed by atoms with E-state index in [2.05, 4.69) is 36.9 Å². The van der Waals surface area contributed by atoms with Gasteiger partial charge >= 0.3 is 6.09 Å². The van der Waals surface area contributed by atoms with E-state index in [0.717, 1.165) is 57.7 Å². The summed E-state index contributed by atoms with van der Waals surface area (Å²) in [5.41, 5.74) is 2.56. The largest absolute Gasteiger partial charge is 0.487 e. The van der Waals surface area contributed by atoms with E-state index in [4.69, 9.17) is 9.47 Å². The number of carbonyl (C=O) groups excluding carboxylic acids is 1. The first-order valence-corrected chi connectivity index (χ1v) is 11.5. The van der Waals surface area contributed by atoms with Gasteiger partial charge in [0.2, 0.25) is 0 Å². The Bertz CT molecular complexity index is 778. The second-order valence-electron chi connectivity index (χ2n) is 11.2. The van der Waals surface area contributed by atoms with Crippen molar-refractivity contribution in [2.75, 3.05) is 26.2 Å². The molecular formula is C25H38N2O3. The Morgan fingerprint density at radius 3 is 2.33 bits per heavy atom. The molecule has 1 aromatic carbocycles. The first-order chi connectivity index (χ1) is 14.0. The van der Waals surface area contributed by atoms with Gasteiger partial charge in [0, 0.05) is 31.6 Å². The second-order valence-corrected chi connectivity index (χ2v) is 11.2. The number of hydrogen-bond donors (Lipinski definition) is 0. The molecule has 1 amide bonds. The Morgan fingerprint density at radius 2 is 1.70 bits per heavy atom. The first-order valence-electron chi connectivity index (χ1n) is 11.5. The number of hydrogen-bond acceptors (Lipinski definition) is 4. The summed E-state index contributed by atoms with van der Waals surface area (Å²) in [5.74, 6) is 1.12. The molecule has 0 aromatic heterocycles. The molecule has 0 radical (unpaired) electrons. The summed E-state index contributed by atoms with van der Waals surface area (Å²) >= 11 is 0. The molecule has 5 heteroatoms. The number of benzene rings is 1. The number of ether oxygens (including phenoxy) is 2. The van der Waals surface area contributed by atoms with Crippen LogP contribution in [0.1, 0.15) is 71.4 Å². The van der Waals surface area contributed by atoms with Crippen LogP contribution in [0.15, 0.2) is 18.2 Å². The van der Waals surface area contributed by atoms with Crippen molar-refractivity contribution in [3.05, 3.63) is 29.3 Å². The van der Waals surface area contributed by atoms with Crippen molar-refractivity contribution >= 4 is 6.09 Å². The van der Waals surface area contributed by atoms with Crippen LogP contribution in [-0.2, 0) is 17.7 Å². The molecule has 0 unspecified atom stereocenters. The van der Waals surface area contributed by atoms with Gasteiger partial charge in [0.15, 0.2) is 0 Å². The average Bonchev–Trinajstić information content (AvgIpc) is 2.98. The van der Waals surface area contributed by atoms with Crippen LogP contribution in [0.2, 0.25) is 0 Å². The van der Waals surface area contributed by atoms with Gasteiger partial charge in [-0.1, -0.05) is 18.2 Å². The summed E-state index contributed by atoms with van der Waals surface area (Å²) in [6.07, 6.45) is 5.46. The van der Waals surface area contributed by atoms with Gasteiger partial charge in [0.05, 0.1) is 0 Å². The molecule has 0 atom stereocenters. The number of carbonyl (C=O) groups is 1. The Balaban J connectivity index is 1.30. The number of piperidine rings is 2. The predicted octanol–water partition coefficient (Wildman–Crippen LogP) is 5.01. The maximum absolute atomic E-state index is 12.4. The molecule has 3 heterocycles. The zero-order valence-electron chi connectivity index (χ0n) is 19.4. The van der Waals surface area contributed by atoms with Gasteiger partial charge in [-0.25, -0.2) is 4.79 Å². The molecule has 4 rings (SSSR count). The minimum Gasteiger partial charge on any atom is -0.487 e. The Labute approximate surface area is 181 Å². The molecule has 0 bridgehead atoms. The van der Waals surface area contributed by atoms with Crippen LogP contribution in [0.25, 0.3) is 0 Å². The second kappa shape index (κ2) is 7.74. The van der Waals surface area contributed by atoms with E-state index in [9.17, 15) is 4.79 Å². The number of fused-ring (bicyclic) bond motifs is 1. The van der Waals surface area contributed by atoms with Gasteiger partial charge in [-0.15, -0.1) is 0 Å². The highest BCUT2D eigenvalue weighted by Crippen LogP contribution is 2.43. The maximum Gasteiger partial charge on any atom is 0.410 e. The van der Waals surface area contributed by atoms with E-state index in [1.165, 1.54) is 24.0 Å². The number of amides is 1. The SMILES string of the molecule is CC(C)(C)OC(=O)N1CCC2(CCN(Cc3cccc4c3OC(C)(C)C4)CC2)CC1. The van der Waals surface area contributed by atoms with Crippen molar-refractivity contribution in [3.8, 4) is 5.75 Å². The summed E-state index contributed by atoms with van der Waals surface area (Å²) in [6, 6.07) is 6.61. The molecule has 1 spiro atoms. The van der Waals surface area contributed by atoms with Crippen LogP contribution in [0.4, 0.5) is 4.79 Å². The number of likely N-dealkylation sites (tertiary alicyclic amines) is 2. The van der Waals surface area contributed by atoms with Gasteiger partial charge in [0.1, 0.15) is 17.0 Å². The number of nitrogens with zero attached hydrogens (tertiary/aromatic N) is 2. The minimum absolute atomic E-state index is 0.0908. The molecular weight excluding hydrogens is 376 g/mol. The maximum atomic E-state index is 12.4. The lowest BCUT2D eigenvalue weighted by Crippen LogP contribution is -2.49. The van der Waals surface area contributed by atoms with Crippen molar-refractivity contribution < 1.29 is 14.3 Å². The van der Waals surface area contributed by atoms with Crippen molar-refractivity contribution in [3.63, 3.8) is 0 Å². The van der Waals surface area contributed by atoms with Crippen LogP contribution in [-0.4, -0.2) is 53.3 Å². The highest BCUT2D eigenvalue weighted by atomic mass is 16.6. The van der Waals surface area contributed by atoms with Crippen molar-refractivity contribution in [1.82, 2.24) is 9.80 Å². The zero-order chi connectivity index (χ0) is 21.6. The van der Waals surface area contributed by atoms with Gasteiger partial charge in [-0.2, -0.15) is 0 Å². The highest BCUT2D eigenvalue weighted by molar-refractivity contribution is 5.68. The third-order valence-electron chi connectivity index (χ3n) is 6.96. The molecule has 0 saturated carbocycles. The normalized spacial score (nSPS) is 23.2. The van der Waals surface area contributed by atoms with Gasteiger partial charge in [-0.05, 0) is 84.4 Å². The van der Waals surface area contributed by atoms with Crippen LogP contribution >= 0.6 is 0 Å². The third-order valence-corrected chi connectivity index (χ3v) is 6.96. The summed E-state index contributed by atoms with van der Waals surface area (Å²) in [6.45, 7) is 15.0. The molecule has 5 nitrogen and oxygen atoms in total. The zero-order valence-corrected chi connectivity index (χ0v) is 19.4. The van der Waals surface area contributed by atoms with Gasteiger partial charge in [-0.3, -0.25) is 4.90 Å². The van der Waals surface area contributed by atoms with E-state index < -0.39 is 5.60 Å². The van der Waals surface area contributed by atoms with Crippen molar-refractivity contribution in [2.45, 2.75) is 84.5 Å². The molecule has 2 saturated heterocycles. The Hall–Kier alpha value is -1.75. The number of rotatable bonds is 2. The van der Waals surface area contributed by atoms with E-state index in [1.807, 2.05) is 25.7 Å². The third kappa shape index (κ3) is 4.77. The van der Waals surface area contributed by atoms with E-state index >= 15 is 0 Å². The fourth-order valence-corrected chi connectivity index (χ4v) is 5.22. The molecule has 2 fully saturated rings. The van der Waals surface area contributed by atoms with Gasteiger partial charge in [0.25, 0.3) is 0 Å². The Kier molecular flexibility index (Phi) is 5.54. The lowest BCUT2D eigenvalue weighted by Gasteiger charge is -2.47. The quantitative estimate of drug-likeness (QED) is 0.682. The molecule has 0 N–H and O–H groups in total. The minimum atomic E-state index is -0.423. The molecule has 1 aromatic rings. The van der Waals surface area contributed by atoms with Crippen LogP contribution < -0.4 is 4.74 Å². The topological polar surface area (TPSA) is 42.0 Å². The average molecular weight is 415 g/mol. The number of para-hydroxylation sites is 1. The highest BCUT2D eigenvalue weighted by Gasteiger charge is 2.40. The monoisotopic (exact) mass is 414 g/mol. The summed E-state index contributed by atoms with van der Waals surface area (Å²) in [5, 5.41) is 0. The molecule has 0 aliphatic carbocycles. The summed E-state index contributed by atoms with van der Waals surface area (Å²) in [4.78, 5) is 16.8. The lowest BCUT2D eigenvalue weighted by atomic mass is 9.71. The molecule has 3 aliphatic heterocycles. The fourth-order valence-electron chi connectivity index (χ4n) is 5.22. The smallest absolute Gasteiger partial charge is 0.410 e. The van der Waals surface area contributed by atoms with E-state index in [-0.39, 0.29) is 11.7 Å². The Morgan fingerprint density at radius 1 is 1.07 bits per heavy atom. The van der Waals surface area contributed by atoms with Crippen molar-refractivity contribution in [1.29, 1.82) is 0 Å². The molecule has 30 heavy (non-hydrogen) atoms. The fraction of sp³-hybridized carbons (Fsp3) is 0.720. The predicted molar refractivity (Wildman–Crippen MR) is 119 cm³/mol. The summed E-state index contributed by atoms with van der Waals surface area (Å²) < 4.78 is 11.8. The van der Waals surface area contributed by atoms with Crippen LogP contribution in [0.3, 0.4) is 0 Å². The lowest BCUT2D eigenvalue weighted by molar-refractivity contribution is -0.00318. The van der Waals surface area contributed by atoms with E-state index in [1.54, 1.807) is 0 Å². The van der Waals surface area contributed by atoms with Crippen LogP contribution in [0.5, 0.6) is 5.75 Å². The van der Waals surface area contributed by atoms with Crippen LogP contribution in [0, 0.1) is 5.41 Å². The van der Waals surface area contributed by atoms with E-state index in [0.29, 0.717) is 5.41 Å². The first kappa shape index (κ1) is 21.5.